The molecule has 0 aromatic heterocycles. The Morgan fingerprint density at radius 3 is 2.22 bits per heavy atom. The van der Waals surface area contributed by atoms with Gasteiger partial charge >= 0.3 is 0 Å². The Morgan fingerprint density at radius 1 is 1.00 bits per heavy atom. The molecule has 1 aromatic rings. The number of benzene rings is 1. The van der Waals surface area contributed by atoms with Crippen molar-refractivity contribution >= 4 is 12.1 Å². The predicted molar refractivity (Wildman–Crippen MR) is 71.4 cm³/mol. The highest BCUT2D eigenvalue weighted by Crippen LogP contribution is 2.28. The maximum absolute atomic E-state index is 11.9. The van der Waals surface area contributed by atoms with E-state index in [1.54, 1.807) is 6.08 Å². The van der Waals surface area contributed by atoms with E-state index in [1.807, 2.05) is 36.4 Å². The van der Waals surface area contributed by atoms with Crippen LogP contribution in [0.15, 0.2) is 42.5 Å². The summed E-state index contributed by atoms with van der Waals surface area (Å²) in [7, 11) is 0. The van der Waals surface area contributed by atoms with Gasteiger partial charge in [0, 0.05) is 11.5 Å². The Balaban J connectivity index is 1.88. The van der Waals surface area contributed by atoms with Crippen LogP contribution in [-0.2, 0) is 4.79 Å². The van der Waals surface area contributed by atoms with Gasteiger partial charge in [-0.05, 0) is 37.7 Å². The van der Waals surface area contributed by atoms with Crippen LogP contribution in [0.5, 0.6) is 0 Å². The zero-order chi connectivity index (χ0) is 12.8. The molecule has 2 rings (SSSR count). The molecule has 1 aliphatic rings. The van der Waals surface area contributed by atoms with Gasteiger partial charge < -0.3 is 4.79 Å². The molecule has 1 aliphatic carbocycles. The zero-order valence-electron chi connectivity index (χ0n) is 10.4. The Kier molecular flexibility index (Phi) is 4.46. The second-order valence-electron chi connectivity index (χ2n) is 4.90. The molecule has 0 saturated heterocycles. The molecule has 0 atom stereocenters. The SMILES string of the molecule is O=CC1CCC(/C=C/C(=O)c2ccccc2)CC1. The monoisotopic (exact) mass is 242 g/mol. The molecule has 2 heteroatoms. The number of rotatable bonds is 4. The van der Waals surface area contributed by atoms with E-state index in [4.69, 9.17) is 0 Å². The van der Waals surface area contributed by atoms with Crippen molar-refractivity contribution in [2.75, 3.05) is 0 Å². The highest BCUT2D eigenvalue weighted by atomic mass is 16.1. The number of carbonyl (C=O) groups excluding carboxylic acids is 2. The Bertz CT molecular complexity index is 426. The third-order valence-electron chi connectivity index (χ3n) is 3.59. The van der Waals surface area contributed by atoms with Crippen LogP contribution in [-0.4, -0.2) is 12.1 Å². The van der Waals surface area contributed by atoms with E-state index in [0.29, 0.717) is 5.92 Å². The van der Waals surface area contributed by atoms with Gasteiger partial charge in [0.05, 0.1) is 0 Å². The summed E-state index contributed by atoms with van der Waals surface area (Å²) in [5, 5.41) is 0. The molecule has 0 bridgehead atoms. The molecule has 0 radical (unpaired) electrons. The largest absolute Gasteiger partial charge is 0.303 e. The smallest absolute Gasteiger partial charge is 0.185 e. The lowest BCUT2D eigenvalue weighted by Crippen LogP contribution is -2.14. The van der Waals surface area contributed by atoms with Gasteiger partial charge in [0.15, 0.2) is 5.78 Å². The first kappa shape index (κ1) is 12.7. The van der Waals surface area contributed by atoms with E-state index < -0.39 is 0 Å². The van der Waals surface area contributed by atoms with Crippen LogP contribution >= 0.6 is 0 Å². The second-order valence-corrected chi connectivity index (χ2v) is 4.90. The lowest BCUT2D eigenvalue weighted by atomic mass is 9.82. The van der Waals surface area contributed by atoms with Crippen LogP contribution in [0.25, 0.3) is 0 Å². The number of hydrogen-bond acceptors (Lipinski definition) is 2. The van der Waals surface area contributed by atoms with Crippen molar-refractivity contribution in [1.29, 1.82) is 0 Å². The van der Waals surface area contributed by atoms with Crippen LogP contribution in [0.3, 0.4) is 0 Å². The first-order chi connectivity index (χ1) is 8.79. The van der Waals surface area contributed by atoms with E-state index in [2.05, 4.69) is 0 Å². The second kappa shape index (κ2) is 6.29. The van der Waals surface area contributed by atoms with Gasteiger partial charge in [-0.15, -0.1) is 0 Å². The molecule has 1 aromatic carbocycles. The molecule has 1 saturated carbocycles. The third-order valence-corrected chi connectivity index (χ3v) is 3.59. The van der Waals surface area contributed by atoms with Crippen LogP contribution < -0.4 is 0 Å². The zero-order valence-corrected chi connectivity index (χ0v) is 10.4. The normalized spacial score (nSPS) is 24.0. The van der Waals surface area contributed by atoms with Crippen LogP contribution in [0, 0.1) is 11.8 Å². The molecular weight excluding hydrogens is 224 g/mol. The topological polar surface area (TPSA) is 34.1 Å². The van der Waals surface area contributed by atoms with E-state index in [-0.39, 0.29) is 11.7 Å². The first-order valence-electron chi connectivity index (χ1n) is 6.52. The fraction of sp³-hybridized carbons (Fsp3) is 0.375. The Hall–Kier alpha value is -1.70. The summed E-state index contributed by atoms with van der Waals surface area (Å²) in [6.45, 7) is 0. The molecule has 2 nitrogen and oxygen atoms in total. The highest BCUT2D eigenvalue weighted by molar-refractivity contribution is 6.04. The van der Waals surface area contributed by atoms with Gasteiger partial charge in [-0.25, -0.2) is 0 Å². The number of carbonyl (C=O) groups is 2. The minimum Gasteiger partial charge on any atom is -0.303 e. The standard InChI is InChI=1S/C16H18O2/c17-12-14-8-6-13(7-9-14)10-11-16(18)15-4-2-1-3-5-15/h1-5,10-14H,6-9H2/b11-10+. The fourth-order valence-corrected chi connectivity index (χ4v) is 2.40. The fourth-order valence-electron chi connectivity index (χ4n) is 2.40. The molecule has 0 N–H and O–H groups in total. The Morgan fingerprint density at radius 2 is 1.61 bits per heavy atom. The lowest BCUT2D eigenvalue weighted by molar-refractivity contribution is -0.112. The van der Waals surface area contributed by atoms with Crippen LogP contribution in [0.4, 0.5) is 0 Å². The molecule has 0 aliphatic heterocycles. The van der Waals surface area contributed by atoms with E-state index >= 15 is 0 Å². The third kappa shape index (κ3) is 3.39. The summed E-state index contributed by atoms with van der Waals surface area (Å²) in [5.74, 6) is 0.751. The number of aldehydes is 1. The summed E-state index contributed by atoms with van der Waals surface area (Å²) in [4.78, 5) is 22.5. The summed E-state index contributed by atoms with van der Waals surface area (Å²) in [6.07, 6.45) is 8.70. The quantitative estimate of drug-likeness (QED) is 0.460. The molecule has 18 heavy (non-hydrogen) atoms. The minimum atomic E-state index is 0.0631. The molecule has 0 unspecified atom stereocenters. The number of allylic oxidation sites excluding steroid dienone is 2. The van der Waals surface area contributed by atoms with Gasteiger partial charge in [0.2, 0.25) is 0 Å². The molecule has 1 fully saturated rings. The molecule has 0 heterocycles. The van der Waals surface area contributed by atoms with Crippen molar-refractivity contribution in [3.05, 3.63) is 48.0 Å². The van der Waals surface area contributed by atoms with Crippen molar-refractivity contribution in [2.24, 2.45) is 11.8 Å². The van der Waals surface area contributed by atoms with Gasteiger partial charge in [0.25, 0.3) is 0 Å². The van der Waals surface area contributed by atoms with Crippen molar-refractivity contribution in [1.82, 2.24) is 0 Å². The molecule has 94 valence electrons. The van der Waals surface area contributed by atoms with E-state index in [0.717, 1.165) is 37.5 Å². The van der Waals surface area contributed by atoms with Crippen molar-refractivity contribution in [3.8, 4) is 0 Å². The van der Waals surface area contributed by atoms with Crippen LogP contribution in [0.2, 0.25) is 0 Å². The average Bonchev–Trinajstić information content (AvgIpc) is 2.46. The predicted octanol–water partition coefficient (Wildman–Crippen LogP) is 3.43. The van der Waals surface area contributed by atoms with Gasteiger partial charge in [0.1, 0.15) is 6.29 Å². The summed E-state index contributed by atoms with van der Waals surface area (Å²) >= 11 is 0. The van der Waals surface area contributed by atoms with Crippen molar-refractivity contribution in [2.45, 2.75) is 25.7 Å². The van der Waals surface area contributed by atoms with Gasteiger partial charge in [-0.1, -0.05) is 36.4 Å². The van der Waals surface area contributed by atoms with E-state index in [1.165, 1.54) is 0 Å². The molecule has 0 spiro atoms. The van der Waals surface area contributed by atoms with Crippen LogP contribution in [0.1, 0.15) is 36.0 Å². The average molecular weight is 242 g/mol. The summed E-state index contributed by atoms with van der Waals surface area (Å²) < 4.78 is 0. The summed E-state index contributed by atoms with van der Waals surface area (Å²) in [5.41, 5.74) is 0.732. The first-order valence-corrected chi connectivity index (χ1v) is 6.52. The van der Waals surface area contributed by atoms with Gasteiger partial charge in [-0.2, -0.15) is 0 Å². The molecule has 0 amide bonds. The lowest BCUT2D eigenvalue weighted by Gasteiger charge is -2.22. The number of ketones is 1. The maximum atomic E-state index is 11.9. The van der Waals surface area contributed by atoms with E-state index in [9.17, 15) is 9.59 Å². The number of hydrogen-bond donors (Lipinski definition) is 0. The van der Waals surface area contributed by atoms with Crippen molar-refractivity contribution < 1.29 is 9.59 Å². The molecular formula is C16H18O2. The highest BCUT2D eigenvalue weighted by Gasteiger charge is 2.18. The minimum absolute atomic E-state index is 0.0631. The summed E-state index contributed by atoms with van der Waals surface area (Å²) in [6, 6.07) is 9.31. The van der Waals surface area contributed by atoms with Crippen molar-refractivity contribution in [3.63, 3.8) is 0 Å². The Labute approximate surface area is 108 Å². The van der Waals surface area contributed by atoms with Gasteiger partial charge in [-0.3, -0.25) is 4.79 Å². The maximum Gasteiger partial charge on any atom is 0.185 e.